The summed E-state index contributed by atoms with van der Waals surface area (Å²) < 4.78 is 13.9. The van der Waals surface area contributed by atoms with E-state index < -0.39 is 0 Å². The summed E-state index contributed by atoms with van der Waals surface area (Å²) in [6.45, 7) is 11.7. The fourth-order valence-electron chi connectivity index (χ4n) is 5.18. The number of rotatable bonds is 8. The third-order valence-electron chi connectivity index (χ3n) is 7.01. The highest BCUT2D eigenvalue weighted by Crippen LogP contribution is 2.40. The highest BCUT2D eigenvalue weighted by atomic mass is 32.2. The number of ether oxygens (including phenoxy) is 2. The van der Waals surface area contributed by atoms with E-state index in [1.807, 2.05) is 24.3 Å². The van der Waals surface area contributed by atoms with Crippen LogP contribution in [-0.2, 0) is 16.1 Å². The molecule has 0 atom stereocenters. The highest BCUT2D eigenvalue weighted by molar-refractivity contribution is 8.25. The van der Waals surface area contributed by atoms with Crippen LogP contribution in [0, 0.1) is 6.92 Å². The predicted molar refractivity (Wildman–Crippen MR) is 156 cm³/mol. The largest absolute Gasteiger partial charge is 0.494 e. The molecule has 0 unspecified atom stereocenters. The average molecular weight is 515 g/mol. The minimum absolute atomic E-state index is 0.118. The van der Waals surface area contributed by atoms with Crippen LogP contribution in [0.15, 0.2) is 60.9 Å². The van der Waals surface area contributed by atoms with Crippen LogP contribution < -0.4 is 10.1 Å². The van der Waals surface area contributed by atoms with Crippen LogP contribution in [0.5, 0.6) is 5.75 Å². The molecular weight excluding hydrogens is 479 g/mol. The van der Waals surface area contributed by atoms with Gasteiger partial charge in [-0.2, -0.15) is 0 Å². The van der Waals surface area contributed by atoms with E-state index in [-0.39, 0.29) is 5.91 Å². The van der Waals surface area contributed by atoms with Gasteiger partial charge in [-0.15, -0.1) is 0 Å². The van der Waals surface area contributed by atoms with Crippen molar-refractivity contribution in [1.29, 1.82) is 0 Å². The first-order valence-corrected chi connectivity index (χ1v) is 14.4. The van der Waals surface area contributed by atoms with E-state index >= 15 is 0 Å². The van der Waals surface area contributed by atoms with Crippen molar-refractivity contribution in [1.82, 2.24) is 9.88 Å². The van der Waals surface area contributed by atoms with Crippen LogP contribution >= 0.6 is 11.6 Å². The molecule has 5 nitrogen and oxygen atoms in total. The van der Waals surface area contributed by atoms with Gasteiger partial charge in [-0.3, -0.25) is 4.79 Å². The smallest absolute Gasteiger partial charge is 0.256 e. The molecule has 2 aromatic carbocycles. The quantitative estimate of drug-likeness (QED) is 0.352. The molecule has 5 rings (SSSR count). The van der Waals surface area contributed by atoms with Gasteiger partial charge in [0.05, 0.1) is 12.2 Å². The first-order chi connectivity index (χ1) is 18.0. The van der Waals surface area contributed by atoms with Gasteiger partial charge in [0.25, 0.3) is 5.91 Å². The van der Waals surface area contributed by atoms with Crippen molar-refractivity contribution in [2.24, 2.45) is 0 Å². The van der Waals surface area contributed by atoms with Gasteiger partial charge >= 0.3 is 0 Å². The molecule has 37 heavy (non-hydrogen) atoms. The summed E-state index contributed by atoms with van der Waals surface area (Å²) >= 11 is 2.08. The number of hydrogen-bond acceptors (Lipinski definition) is 4. The zero-order valence-electron chi connectivity index (χ0n) is 21.8. The van der Waals surface area contributed by atoms with E-state index in [2.05, 4.69) is 66.3 Å². The van der Waals surface area contributed by atoms with E-state index in [4.69, 9.17) is 9.47 Å². The third-order valence-corrected chi connectivity index (χ3v) is 8.47. The van der Waals surface area contributed by atoms with Crippen molar-refractivity contribution >= 4 is 45.6 Å². The van der Waals surface area contributed by atoms with Crippen molar-refractivity contribution in [2.75, 3.05) is 25.6 Å². The predicted octanol–water partition coefficient (Wildman–Crippen LogP) is 6.44. The van der Waals surface area contributed by atoms with Gasteiger partial charge in [0.1, 0.15) is 5.75 Å². The monoisotopic (exact) mass is 514 g/mol. The summed E-state index contributed by atoms with van der Waals surface area (Å²) in [5.74, 6) is 2.41. The number of amides is 1. The summed E-state index contributed by atoms with van der Waals surface area (Å²) in [6, 6.07) is 14.4. The van der Waals surface area contributed by atoms with Gasteiger partial charge in [0, 0.05) is 53.7 Å². The SMILES string of the molecule is C=C1NC(=O)C(c2cccc(OCCC)c2)=C1c1cn(CCB2CCOCCCS2)c2ccc(C)cc12. The molecule has 0 bridgehead atoms. The number of nitrogens with zero attached hydrogens (tertiary/aromatic N) is 1. The van der Waals surface area contributed by atoms with Gasteiger partial charge in [0.15, 0.2) is 0 Å². The molecule has 0 saturated carbocycles. The summed E-state index contributed by atoms with van der Waals surface area (Å²) in [7, 11) is 0. The summed E-state index contributed by atoms with van der Waals surface area (Å²) in [5.41, 5.74) is 6.45. The Morgan fingerprint density at radius 2 is 2.08 bits per heavy atom. The average Bonchev–Trinajstić information content (AvgIpc) is 3.37. The lowest BCUT2D eigenvalue weighted by Crippen LogP contribution is -2.18. The number of carbonyl (C=O) groups excluding carboxylic acids is 1. The molecule has 2 aliphatic rings. The fraction of sp³-hybridized carbons (Fsp3) is 0.367. The molecule has 0 aliphatic carbocycles. The van der Waals surface area contributed by atoms with Crippen LogP contribution in [0.1, 0.15) is 36.5 Å². The minimum Gasteiger partial charge on any atom is -0.494 e. The molecule has 1 N–H and O–H groups in total. The Hall–Kier alpha value is -2.90. The highest BCUT2D eigenvalue weighted by Gasteiger charge is 2.30. The van der Waals surface area contributed by atoms with Gasteiger partial charge in [-0.1, -0.05) is 37.3 Å². The second-order valence-electron chi connectivity index (χ2n) is 9.85. The van der Waals surface area contributed by atoms with Crippen molar-refractivity contribution < 1.29 is 14.3 Å². The maximum atomic E-state index is 13.2. The van der Waals surface area contributed by atoms with Gasteiger partial charge in [-0.05, 0) is 68.0 Å². The normalized spacial score (nSPS) is 16.8. The first kappa shape index (κ1) is 25.7. The van der Waals surface area contributed by atoms with Crippen molar-refractivity contribution in [3.8, 4) is 5.75 Å². The molecule has 0 spiro atoms. The van der Waals surface area contributed by atoms with E-state index in [9.17, 15) is 4.79 Å². The number of aryl methyl sites for hydroxylation is 2. The van der Waals surface area contributed by atoms with E-state index in [0.29, 0.717) is 23.9 Å². The lowest BCUT2D eigenvalue weighted by atomic mass is 9.69. The summed E-state index contributed by atoms with van der Waals surface area (Å²) in [5, 5.41) is 4.14. The zero-order chi connectivity index (χ0) is 25.8. The van der Waals surface area contributed by atoms with Crippen LogP contribution in [0.25, 0.3) is 22.0 Å². The van der Waals surface area contributed by atoms with E-state index in [1.165, 1.54) is 11.1 Å². The Morgan fingerprint density at radius 3 is 2.95 bits per heavy atom. The molecule has 0 radical (unpaired) electrons. The van der Waals surface area contributed by atoms with E-state index in [0.717, 1.165) is 78.8 Å². The molecule has 192 valence electrons. The maximum absolute atomic E-state index is 13.2. The number of fused-ring (bicyclic) bond motifs is 1. The Kier molecular flexibility index (Phi) is 8.11. The molecule has 2 aliphatic heterocycles. The van der Waals surface area contributed by atoms with Gasteiger partial charge in [-0.25, -0.2) is 11.6 Å². The van der Waals surface area contributed by atoms with Crippen molar-refractivity contribution in [2.45, 2.75) is 45.9 Å². The van der Waals surface area contributed by atoms with Gasteiger partial charge in [0.2, 0.25) is 5.99 Å². The molecule has 1 amide bonds. The van der Waals surface area contributed by atoms with Crippen molar-refractivity contribution in [3.05, 3.63) is 77.6 Å². The summed E-state index contributed by atoms with van der Waals surface area (Å²) in [6.07, 6.45) is 6.46. The Balaban J connectivity index is 1.55. The molecule has 3 heterocycles. The number of allylic oxidation sites excluding steroid dienone is 1. The molecule has 7 heteroatoms. The lowest BCUT2D eigenvalue weighted by molar-refractivity contribution is -0.114. The molecule has 1 saturated heterocycles. The second kappa shape index (κ2) is 11.7. The molecule has 1 fully saturated rings. The fourth-order valence-corrected chi connectivity index (χ4v) is 6.33. The topological polar surface area (TPSA) is 52.5 Å². The molecular formula is C30H35BN2O3S. The standard InChI is InChI=1S/C30H35BN2O3S/c1-4-14-36-24-8-5-7-23(19-24)29-28(22(3)32-30(29)34)26-20-33(27-10-9-21(2)18-25(26)27)13-11-31-12-16-35-15-6-17-37-31/h5,7-10,18-20H,3-4,6,11-17H2,1-2H3,(H,32,34). The second-order valence-corrected chi connectivity index (χ2v) is 11.3. The molecule has 3 aromatic rings. The minimum atomic E-state index is -0.118. The number of nitrogens with one attached hydrogen (secondary N) is 1. The van der Waals surface area contributed by atoms with Crippen LogP contribution in [0.3, 0.4) is 0 Å². The number of carbonyl (C=O) groups is 1. The number of benzene rings is 2. The molecule has 1 aromatic heterocycles. The van der Waals surface area contributed by atoms with Crippen LogP contribution in [0.4, 0.5) is 0 Å². The summed E-state index contributed by atoms with van der Waals surface area (Å²) in [4.78, 5) is 13.2. The first-order valence-electron chi connectivity index (χ1n) is 13.3. The van der Waals surface area contributed by atoms with Crippen molar-refractivity contribution in [3.63, 3.8) is 0 Å². The van der Waals surface area contributed by atoms with Crippen LogP contribution in [0.2, 0.25) is 12.6 Å². The zero-order valence-corrected chi connectivity index (χ0v) is 22.7. The van der Waals surface area contributed by atoms with Gasteiger partial charge < -0.3 is 19.4 Å². The number of hydrogen-bond donors (Lipinski definition) is 1. The van der Waals surface area contributed by atoms with Crippen LogP contribution in [-0.4, -0.2) is 42.0 Å². The Labute approximate surface area is 224 Å². The Morgan fingerprint density at radius 1 is 1.19 bits per heavy atom. The van der Waals surface area contributed by atoms with E-state index in [1.54, 1.807) is 0 Å². The lowest BCUT2D eigenvalue weighted by Gasteiger charge is -2.17. The third kappa shape index (κ3) is 5.68. The Bertz CT molecular complexity index is 1340. The maximum Gasteiger partial charge on any atom is 0.256 e. The number of aromatic nitrogens is 1.